The number of anilines is 2. The highest BCUT2D eigenvalue weighted by Gasteiger charge is 2.40. The number of fused-ring (bicyclic) bond motifs is 2. The number of carbonyl (C=O) groups is 1. The van der Waals surface area contributed by atoms with Crippen LogP contribution in [0, 0.1) is 13.8 Å². The van der Waals surface area contributed by atoms with Crippen LogP contribution in [0.25, 0.3) is 11.2 Å². The van der Waals surface area contributed by atoms with Gasteiger partial charge in [0.2, 0.25) is 11.3 Å². The zero-order valence-corrected chi connectivity index (χ0v) is 23.2. The Kier molecular flexibility index (Phi) is 8.16. The third-order valence-corrected chi connectivity index (χ3v) is 7.78. The monoisotopic (exact) mass is 584 g/mol. The van der Waals surface area contributed by atoms with Crippen LogP contribution in [0.1, 0.15) is 42.4 Å². The number of piperazine rings is 1. The first-order valence-electron chi connectivity index (χ1n) is 12.6. The molecule has 2 N–H and O–H groups in total. The van der Waals surface area contributed by atoms with Gasteiger partial charge in [-0.3, -0.25) is 9.59 Å². The van der Waals surface area contributed by atoms with Crippen LogP contribution in [0.3, 0.4) is 0 Å². The van der Waals surface area contributed by atoms with E-state index in [0.717, 1.165) is 37.6 Å². The van der Waals surface area contributed by atoms with Crippen molar-refractivity contribution in [3.63, 3.8) is 0 Å². The van der Waals surface area contributed by atoms with Crippen LogP contribution < -0.4 is 21.0 Å². The van der Waals surface area contributed by atoms with Crippen LogP contribution in [0.2, 0.25) is 5.02 Å². The Balaban J connectivity index is 0.00000353. The molecule has 210 valence electrons. The van der Waals surface area contributed by atoms with Crippen LogP contribution >= 0.6 is 24.0 Å². The van der Waals surface area contributed by atoms with Gasteiger partial charge in [-0.15, -0.1) is 12.4 Å². The molecular formula is C26H29Cl2F3N6O2. The molecule has 2 atom stereocenters. The largest absolute Gasteiger partial charge is 0.416 e. The highest BCUT2D eigenvalue weighted by molar-refractivity contribution is 6.33. The molecule has 2 aromatic heterocycles. The smallest absolute Gasteiger partial charge is 0.361 e. The lowest BCUT2D eigenvalue weighted by Crippen LogP contribution is -2.64. The van der Waals surface area contributed by atoms with E-state index < -0.39 is 17.6 Å². The summed E-state index contributed by atoms with van der Waals surface area (Å²) in [6.07, 6.45) is -2.08. The van der Waals surface area contributed by atoms with Crippen molar-refractivity contribution in [2.45, 2.75) is 64.8 Å². The summed E-state index contributed by atoms with van der Waals surface area (Å²) in [5.41, 5.74) is 1.90. The predicted molar refractivity (Wildman–Crippen MR) is 147 cm³/mol. The van der Waals surface area contributed by atoms with Crippen LogP contribution in [0.15, 0.2) is 23.0 Å². The summed E-state index contributed by atoms with van der Waals surface area (Å²) in [5, 5.41) is 5.88. The summed E-state index contributed by atoms with van der Waals surface area (Å²) in [6.45, 7) is 6.66. The van der Waals surface area contributed by atoms with Gasteiger partial charge in [-0.25, -0.2) is 9.97 Å². The summed E-state index contributed by atoms with van der Waals surface area (Å²) in [7, 11) is 0. The Hall–Kier alpha value is -2.89. The lowest BCUT2D eigenvalue weighted by molar-refractivity contribution is -0.137. The zero-order chi connectivity index (χ0) is 27.4. The van der Waals surface area contributed by atoms with E-state index in [0.29, 0.717) is 47.4 Å². The van der Waals surface area contributed by atoms with Gasteiger partial charge in [-0.1, -0.05) is 18.5 Å². The number of pyridine rings is 1. The molecule has 1 saturated heterocycles. The summed E-state index contributed by atoms with van der Waals surface area (Å²) in [6, 6.07) is 3.27. The average molecular weight is 585 g/mol. The lowest BCUT2D eigenvalue weighted by atomic mass is 9.83. The molecule has 13 heteroatoms. The normalized spacial score (nSPS) is 18.8. The zero-order valence-electron chi connectivity index (χ0n) is 21.7. The van der Waals surface area contributed by atoms with Crippen molar-refractivity contribution in [3.05, 3.63) is 56.1 Å². The molecule has 2 fully saturated rings. The van der Waals surface area contributed by atoms with Crippen LogP contribution in [0.5, 0.6) is 0 Å². The SMILES string of the molecule is CCc1c(N2CCN[C@H]3CC[C@@H]32)c(=O)c2nc(C)c(C)nc2n1CC(=O)Nc1ccc(C(F)(F)F)cc1Cl.Cl. The maximum atomic E-state index is 13.8. The van der Waals surface area contributed by atoms with E-state index in [1.54, 1.807) is 18.4 Å². The van der Waals surface area contributed by atoms with Crippen LogP contribution in [0.4, 0.5) is 24.5 Å². The molecule has 0 radical (unpaired) electrons. The van der Waals surface area contributed by atoms with E-state index in [1.165, 1.54) is 0 Å². The first kappa shape index (κ1) is 29.1. The van der Waals surface area contributed by atoms with Crippen LogP contribution in [-0.4, -0.2) is 45.6 Å². The number of aromatic nitrogens is 3. The van der Waals surface area contributed by atoms with Crippen molar-refractivity contribution in [3.8, 4) is 0 Å². The molecule has 39 heavy (non-hydrogen) atoms. The van der Waals surface area contributed by atoms with Crippen molar-refractivity contribution in [2.75, 3.05) is 23.3 Å². The Morgan fingerprint density at radius 1 is 1.21 bits per heavy atom. The number of nitrogens with zero attached hydrogens (tertiary/aromatic N) is 4. The number of benzene rings is 1. The fraction of sp³-hybridized carbons (Fsp3) is 0.462. The number of nitrogens with one attached hydrogen (secondary N) is 2. The van der Waals surface area contributed by atoms with Gasteiger partial charge in [0.05, 0.1) is 27.7 Å². The van der Waals surface area contributed by atoms with E-state index in [4.69, 9.17) is 11.6 Å². The summed E-state index contributed by atoms with van der Waals surface area (Å²) < 4.78 is 40.8. The van der Waals surface area contributed by atoms with E-state index in [9.17, 15) is 22.8 Å². The van der Waals surface area contributed by atoms with Gasteiger partial charge in [-0.2, -0.15) is 13.2 Å². The molecule has 1 saturated carbocycles. The lowest BCUT2D eigenvalue weighted by Gasteiger charge is -2.50. The standard InChI is InChI=1S/C26H28ClF3N6O2.ClH/c1-4-19-23(35-10-9-31-18-7-8-20(18)35)24(38)22-25(33-14(3)13(2)32-22)36(19)12-21(37)34-17-6-5-15(11-16(17)27)26(28,29)30;/h5-6,11,18,20,31H,4,7-10,12H2,1-3H3,(H,34,37);1H/t18-,20-;/m0./s1. The maximum absolute atomic E-state index is 13.8. The molecule has 8 nitrogen and oxygen atoms in total. The van der Waals surface area contributed by atoms with E-state index >= 15 is 0 Å². The average Bonchev–Trinajstić information content (AvgIpc) is 2.83. The van der Waals surface area contributed by atoms with Gasteiger partial charge >= 0.3 is 6.18 Å². The molecule has 0 spiro atoms. The Bertz CT molecular complexity index is 1490. The number of rotatable bonds is 5. The Morgan fingerprint density at radius 3 is 2.54 bits per heavy atom. The first-order valence-corrected chi connectivity index (χ1v) is 12.9. The number of halogens is 5. The van der Waals surface area contributed by atoms with Crippen molar-refractivity contribution in [1.82, 2.24) is 19.9 Å². The van der Waals surface area contributed by atoms with E-state index in [-0.39, 0.29) is 46.6 Å². The molecule has 1 aromatic carbocycles. The second kappa shape index (κ2) is 10.9. The first-order chi connectivity index (χ1) is 18.0. The Labute approximate surface area is 234 Å². The van der Waals surface area contributed by atoms with Gasteiger partial charge in [0.1, 0.15) is 12.2 Å². The van der Waals surface area contributed by atoms with Crippen molar-refractivity contribution in [1.29, 1.82) is 0 Å². The summed E-state index contributed by atoms with van der Waals surface area (Å²) >= 11 is 6.06. The Morgan fingerprint density at radius 2 is 1.92 bits per heavy atom. The molecular weight excluding hydrogens is 556 g/mol. The van der Waals surface area contributed by atoms with Gasteiger partial charge in [-0.05, 0) is 51.3 Å². The fourth-order valence-electron chi connectivity index (χ4n) is 5.29. The van der Waals surface area contributed by atoms with Gasteiger partial charge in [0.15, 0.2) is 11.2 Å². The van der Waals surface area contributed by atoms with Crippen molar-refractivity contribution in [2.24, 2.45) is 0 Å². The minimum absolute atomic E-state index is 0. The molecule has 0 bridgehead atoms. The van der Waals surface area contributed by atoms with Crippen LogP contribution in [-0.2, 0) is 23.9 Å². The topological polar surface area (TPSA) is 92.2 Å². The second-order valence-corrected chi connectivity index (χ2v) is 10.2. The maximum Gasteiger partial charge on any atom is 0.416 e. The number of alkyl halides is 3. The third kappa shape index (κ3) is 5.31. The number of aryl methyl sites for hydroxylation is 2. The molecule has 1 aliphatic heterocycles. The molecule has 1 aliphatic carbocycles. The van der Waals surface area contributed by atoms with Gasteiger partial charge in [0.25, 0.3) is 0 Å². The minimum Gasteiger partial charge on any atom is -0.361 e. The molecule has 0 unspecified atom stereocenters. The molecule has 2 aliphatic rings. The molecule has 3 aromatic rings. The highest BCUT2D eigenvalue weighted by Crippen LogP contribution is 2.35. The number of hydrogen-bond donors (Lipinski definition) is 2. The summed E-state index contributed by atoms with van der Waals surface area (Å²) in [5.74, 6) is -0.515. The molecule has 1 amide bonds. The minimum atomic E-state index is -4.55. The highest BCUT2D eigenvalue weighted by atomic mass is 35.5. The van der Waals surface area contributed by atoms with E-state index in [2.05, 4.69) is 25.5 Å². The third-order valence-electron chi connectivity index (χ3n) is 7.47. The van der Waals surface area contributed by atoms with Crippen molar-refractivity contribution >= 4 is 52.5 Å². The van der Waals surface area contributed by atoms with Gasteiger partial charge < -0.3 is 20.1 Å². The number of carbonyl (C=O) groups excluding carboxylic acids is 1. The predicted octanol–water partition coefficient (Wildman–Crippen LogP) is 4.64. The molecule has 3 heterocycles. The fourth-order valence-corrected chi connectivity index (χ4v) is 5.52. The number of amides is 1. The molecule has 5 rings (SSSR count). The second-order valence-electron chi connectivity index (χ2n) is 9.77. The summed E-state index contributed by atoms with van der Waals surface area (Å²) in [4.78, 5) is 38.4. The van der Waals surface area contributed by atoms with Gasteiger partial charge in [0, 0.05) is 30.9 Å². The van der Waals surface area contributed by atoms with E-state index in [1.807, 2.05) is 6.92 Å². The quantitative estimate of drug-likeness (QED) is 0.454. The van der Waals surface area contributed by atoms with Crippen molar-refractivity contribution < 1.29 is 18.0 Å². The number of hydrogen-bond acceptors (Lipinski definition) is 6.